The summed E-state index contributed by atoms with van der Waals surface area (Å²) < 4.78 is 0.826. The van der Waals surface area contributed by atoms with Gasteiger partial charge >= 0.3 is 0 Å². The Hall–Kier alpha value is -0.340. The second kappa shape index (κ2) is 2.83. The lowest BCUT2D eigenvalue weighted by Gasteiger charge is -2.41. The van der Waals surface area contributed by atoms with E-state index in [2.05, 4.69) is 15.9 Å². The summed E-state index contributed by atoms with van der Waals surface area (Å²) in [5.41, 5.74) is 2.04. The van der Waals surface area contributed by atoms with Crippen LogP contribution >= 0.6 is 27.5 Å². The van der Waals surface area contributed by atoms with Crippen LogP contribution in [0.15, 0.2) is 16.6 Å². The second-order valence-corrected chi connectivity index (χ2v) is 5.34. The molecule has 0 heterocycles. The van der Waals surface area contributed by atoms with Crippen LogP contribution in [0.3, 0.4) is 0 Å². The van der Waals surface area contributed by atoms with E-state index in [0.29, 0.717) is 22.6 Å². The molecule has 14 heavy (non-hydrogen) atoms. The van der Waals surface area contributed by atoms with Crippen LogP contribution in [0.25, 0.3) is 0 Å². The van der Waals surface area contributed by atoms with Gasteiger partial charge < -0.3 is 0 Å². The molecule has 0 N–H and O–H groups in total. The van der Waals surface area contributed by atoms with E-state index >= 15 is 0 Å². The van der Waals surface area contributed by atoms with Crippen LogP contribution < -0.4 is 0 Å². The molecule has 3 heteroatoms. The van der Waals surface area contributed by atoms with Crippen molar-refractivity contribution in [1.82, 2.24) is 0 Å². The van der Waals surface area contributed by atoms with Gasteiger partial charge in [-0.1, -0.05) is 11.6 Å². The van der Waals surface area contributed by atoms with Crippen LogP contribution in [-0.2, 0) is 0 Å². The zero-order valence-corrected chi connectivity index (χ0v) is 9.73. The lowest BCUT2D eigenvalue weighted by molar-refractivity contribution is 0.0792. The number of Topliss-reactive ketones (excluding diaryl/α,β-unsaturated/α-hetero) is 1. The standard InChI is InChI=1S/C11H8BrClO/c12-9-3-8-7(4-10(9)13)5-1-6(2-5)11(8)14/h3-6H,1-2H2. The molecule has 0 saturated heterocycles. The van der Waals surface area contributed by atoms with Crippen molar-refractivity contribution in [3.63, 3.8) is 0 Å². The first-order chi connectivity index (χ1) is 6.66. The first-order valence-corrected chi connectivity index (χ1v) is 5.87. The fraction of sp³-hybridized carbons (Fsp3) is 0.364. The predicted molar refractivity (Wildman–Crippen MR) is 58.9 cm³/mol. The van der Waals surface area contributed by atoms with E-state index < -0.39 is 0 Å². The molecule has 0 unspecified atom stereocenters. The molecule has 1 aromatic rings. The van der Waals surface area contributed by atoms with Gasteiger partial charge in [-0.05, 0) is 52.4 Å². The molecule has 3 aliphatic carbocycles. The number of ketones is 1. The van der Waals surface area contributed by atoms with Crippen molar-refractivity contribution < 1.29 is 4.79 Å². The number of halogens is 2. The van der Waals surface area contributed by atoms with Crippen molar-refractivity contribution in [3.8, 4) is 0 Å². The minimum Gasteiger partial charge on any atom is -0.294 e. The number of rotatable bonds is 0. The fourth-order valence-corrected chi connectivity index (χ4v) is 2.93. The molecule has 0 spiro atoms. The highest BCUT2D eigenvalue weighted by atomic mass is 79.9. The number of hydrogen-bond acceptors (Lipinski definition) is 1. The van der Waals surface area contributed by atoms with Gasteiger partial charge in [0.2, 0.25) is 0 Å². The van der Waals surface area contributed by atoms with Crippen LogP contribution in [0.2, 0.25) is 5.02 Å². The van der Waals surface area contributed by atoms with Gasteiger partial charge in [0.25, 0.3) is 0 Å². The lowest BCUT2D eigenvalue weighted by atomic mass is 9.62. The van der Waals surface area contributed by atoms with E-state index in [0.717, 1.165) is 28.4 Å². The van der Waals surface area contributed by atoms with Gasteiger partial charge in [-0.25, -0.2) is 0 Å². The Labute approximate surface area is 95.6 Å². The first-order valence-electron chi connectivity index (χ1n) is 4.70. The highest BCUT2D eigenvalue weighted by molar-refractivity contribution is 9.10. The molecule has 0 aliphatic heterocycles. The molecule has 4 rings (SSSR count). The van der Waals surface area contributed by atoms with Crippen LogP contribution in [0, 0.1) is 5.92 Å². The Morgan fingerprint density at radius 1 is 1.29 bits per heavy atom. The molecule has 0 aromatic heterocycles. The summed E-state index contributed by atoms with van der Waals surface area (Å²) in [6.07, 6.45) is 2.06. The molecule has 1 fully saturated rings. The normalized spacial score (nSPS) is 28.3. The van der Waals surface area contributed by atoms with Crippen molar-refractivity contribution in [1.29, 1.82) is 0 Å². The van der Waals surface area contributed by atoms with Crippen LogP contribution in [-0.4, -0.2) is 5.78 Å². The van der Waals surface area contributed by atoms with Crippen molar-refractivity contribution in [2.24, 2.45) is 5.92 Å². The molecule has 3 aliphatic rings. The maximum Gasteiger partial charge on any atom is 0.166 e. The third-order valence-electron chi connectivity index (χ3n) is 3.31. The Bertz CT molecular complexity index is 435. The highest BCUT2D eigenvalue weighted by Crippen LogP contribution is 2.50. The second-order valence-electron chi connectivity index (χ2n) is 4.08. The number of carbonyl (C=O) groups excluding carboxylic acids is 1. The third-order valence-corrected chi connectivity index (χ3v) is 4.50. The molecule has 72 valence electrons. The average molecular weight is 272 g/mol. The molecule has 2 bridgehead atoms. The lowest BCUT2D eigenvalue weighted by Crippen LogP contribution is -2.36. The average Bonchev–Trinajstić information content (AvgIpc) is 2.06. The van der Waals surface area contributed by atoms with Gasteiger partial charge in [0.05, 0.1) is 5.02 Å². The maximum absolute atomic E-state index is 11.9. The van der Waals surface area contributed by atoms with Crippen LogP contribution in [0.1, 0.15) is 34.7 Å². The Morgan fingerprint density at radius 3 is 2.71 bits per heavy atom. The van der Waals surface area contributed by atoms with Gasteiger partial charge in [-0.15, -0.1) is 0 Å². The van der Waals surface area contributed by atoms with E-state index in [9.17, 15) is 4.79 Å². The van der Waals surface area contributed by atoms with Gasteiger partial charge in [-0.2, -0.15) is 0 Å². The molecule has 1 saturated carbocycles. The topological polar surface area (TPSA) is 17.1 Å². The molecule has 0 atom stereocenters. The van der Waals surface area contributed by atoms with Crippen LogP contribution in [0.5, 0.6) is 0 Å². The summed E-state index contributed by atoms with van der Waals surface area (Å²) in [5.74, 6) is 1.18. The molecule has 1 aromatic carbocycles. The van der Waals surface area contributed by atoms with Gasteiger partial charge in [0, 0.05) is 16.0 Å². The minimum absolute atomic E-state index is 0.292. The molecule has 1 nitrogen and oxygen atoms in total. The summed E-state index contributed by atoms with van der Waals surface area (Å²) in [5, 5.41) is 0.710. The smallest absolute Gasteiger partial charge is 0.166 e. The molecular weight excluding hydrogens is 263 g/mol. The van der Waals surface area contributed by atoms with Gasteiger partial charge in [-0.3, -0.25) is 4.79 Å². The Kier molecular flexibility index (Phi) is 1.80. The van der Waals surface area contributed by atoms with E-state index in [4.69, 9.17) is 11.6 Å². The van der Waals surface area contributed by atoms with E-state index in [1.165, 1.54) is 0 Å². The number of hydrogen-bond donors (Lipinski definition) is 0. The highest BCUT2D eigenvalue weighted by Gasteiger charge is 2.43. The van der Waals surface area contributed by atoms with E-state index in [1.54, 1.807) is 0 Å². The maximum atomic E-state index is 11.9. The van der Waals surface area contributed by atoms with Crippen molar-refractivity contribution in [2.75, 3.05) is 0 Å². The molecular formula is C11H8BrClO. The molecule has 0 radical (unpaired) electrons. The third kappa shape index (κ3) is 1.04. The van der Waals surface area contributed by atoms with Gasteiger partial charge in [0.1, 0.15) is 0 Å². The van der Waals surface area contributed by atoms with E-state index in [-0.39, 0.29) is 0 Å². The monoisotopic (exact) mass is 270 g/mol. The zero-order chi connectivity index (χ0) is 9.87. The number of carbonyl (C=O) groups is 1. The van der Waals surface area contributed by atoms with Crippen molar-refractivity contribution >= 4 is 33.3 Å². The summed E-state index contributed by atoms with van der Waals surface area (Å²) in [4.78, 5) is 11.9. The summed E-state index contributed by atoms with van der Waals surface area (Å²) in [6.45, 7) is 0. The minimum atomic E-state index is 0.292. The van der Waals surface area contributed by atoms with Crippen molar-refractivity contribution in [2.45, 2.75) is 18.8 Å². The molecule has 0 amide bonds. The van der Waals surface area contributed by atoms with E-state index in [1.807, 2.05) is 12.1 Å². The SMILES string of the molecule is O=C1c2cc(Br)c(Cl)cc2C2CC1C2. The van der Waals surface area contributed by atoms with Gasteiger partial charge in [0.15, 0.2) is 5.78 Å². The quantitative estimate of drug-likeness (QED) is 0.701. The Morgan fingerprint density at radius 2 is 2.00 bits per heavy atom. The summed E-state index contributed by atoms with van der Waals surface area (Å²) in [7, 11) is 0. The summed E-state index contributed by atoms with van der Waals surface area (Å²) >= 11 is 9.37. The Balaban J connectivity index is 2.24. The largest absolute Gasteiger partial charge is 0.294 e. The van der Waals surface area contributed by atoms with Crippen molar-refractivity contribution in [3.05, 3.63) is 32.8 Å². The predicted octanol–water partition coefficient (Wildman–Crippen LogP) is 3.79. The van der Waals surface area contributed by atoms with Crippen LogP contribution in [0.4, 0.5) is 0 Å². The number of benzene rings is 1. The summed E-state index contributed by atoms with van der Waals surface area (Å²) in [6, 6.07) is 3.82. The fourth-order valence-electron chi connectivity index (χ4n) is 2.42. The first kappa shape index (κ1) is 8.93. The zero-order valence-electron chi connectivity index (χ0n) is 7.39.